The lowest BCUT2D eigenvalue weighted by molar-refractivity contribution is -0.202. The molecule has 146 valence electrons. The minimum Gasteiger partial charge on any atom is -0.458 e. The van der Waals surface area contributed by atoms with E-state index in [9.17, 15) is 14.4 Å². The smallest absolute Gasteiger partial charge is 0.334 e. The first kappa shape index (κ1) is 18.2. The van der Waals surface area contributed by atoms with E-state index in [1.807, 2.05) is 20.8 Å². The summed E-state index contributed by atoms with van der Waals surface area (Å²) in [5, 5.41) is 0. The highest BCUT2D eigenvalue weighted by Gasteiger charge is 2.72. The molecule has 0 spiro atoms. The Morgan fingerprint density at radius 1 is 1.19 bits per heavy atom. The number of fused-ring (bicyclic) bond motifs is 3. The summed E-state index contributed by atoms with van der Waals surface area (Å²) in [5.74, 6) is -2.31. The van der Waals surface area contributed by atoms with Crippen molar-refractivity contribution < 1.29 is 33.3 Å². The lowest BCUT2D eigenvalue weighted by Crippen LogP contribution is -2.62. The van der Waals surface area contributed by atoms with Gasteiger partial charge in [0.2, 0.25) is 0 Å². The van der Waals surface area contributed by atoms with E-state index < -0.39 is 47.5 Å². The molecule has 4 aliphatic rings. The number of carbonyl (C=O) groups is 3. The van der Waals surface area contributed by atoms with Crippen LogP contribution in [0.2, 0.25) is 0 Å². The molecule has 1 aliphatic carbocycles. The van der Waals surface area contributed by atoms with Crippen LogP contribution in [0.5, 0.6) is 0 Å². The Hall–Kier alpha value is -2.15. The van der Waals surface area contributed by atoms with Crippen molar-refractivity contribution in [2.24, 2.45) is 23.2 Å². The van der Waals surface area contributed by atoms with E-state index in [-0.39, 0.29) is 30.0 Å². The Kier molecular flexibility index (Phi) is 4.00. The van der Waals surface area contributed by atoms with E-state index in [1.54, 1.807) is 0 Å². The van der Waals surface area contributed by atoms with Crippen LogP contribution in [0, 0.1) is 23.2 Å². The van der Waals surface area contributed by atoms with Crippen molar-refractivity contribution in [3.05, 3.63) is 24.3 Å². The predicted molar refractivity (Wildman–Crippen MR) is 92.2 cm³/mol. The SMILES string of the molecule is C=C1C(=O)O[C@H]2[C@@H]1[C@H]1OC(=O)C(=C)[C@@H]1[C@@](C)([C@H]1CO1)[C@H]2OC(=O)CC(C)C. The van der Waals surface area contributed by atoms with E-state index in [2.05, 4.69) is 13.2 Å². The molecule has 3 aliphatic heterocycles. The second kappa shape index (κ2) is 5.92. The number of esters is 3. The molecule has 0 aromatic rings. The third-order valence-electron chi connectivity index (χ3n) is 6.27. The topological polar surface area (TPSA) is 91.4 Å². The van der Waals surface area contributed by atoms with Crippen LogP contribution in [0.15, 0.2) is 24.3 Å². The van der Waals surface area contributed by atoms with Crippen molar-refractivity contribution in [3.8, 4) is 0 Å². The number of epoxide rings is 1. The van der Waals surface area contributed by atoms with Crippen LogP contribution >= 0.6 is 0 Å². The second-order valence-corrected chi connectivity index (χ2v) is 8.49. The van der Waals surface area contributed by atoms with Crippen molar-refractivity contribution in [2.75, 3.05) is 6.61 Å². The molecule has 0 aromatic heterocycles. The van der Waals surface area contributed by atoms with Gasteiger partial charge in [-0.1, -0.05) is 33.9 Å². The fourth-order valence-electron chi connectivity index (χ4n) is 4.88. The first-order valence-electron chi connectivity index (χ1n) is 9.26. The molecule has 3 saturated heterocycles. The highest BCUT2D eigenvalue weighted by atomic mass is 16.6. The maximum atomic E-state index is 12.5. The van der Waals surface area contributed by atoms with Gasteiger partial charge < -0.3 is 18.9 Å². The van der Waals surface area contributed by atoms with Crippen LogP contribution in [0.4, 0.5) is 0 Å². The molecule has 0 radical (unpaired) electrons. The molecule has 0 aromatic carbocycles. The summed E-state index contributed by atoms with van der Waals surface area (Å²) >= 11 is 0. The highest BCUT2D eigenvalue weighted by Crippen LogP contribution is 2.60. The minimum atomic E-state index is -0.785. The van der Waals surface area contributed by atoms with Gasteiger partial charge in [-0.05, 0) is 5.92 Å². The van der Waals surface area contributed by atoms with Crippen molar-refractivity contribution in [2.45, 2.75) is 51.6 Å². The number of hydrogen-bond donors (Lipinski definition) is 0. The molecule has 1 saturated carbocycles. The van der Waals surface area contributed by atoms with Crippen molar-refractivity contribution in [3.63, 3.8) is 0 Å². The van der Waals surface area contributed by atoms with Gasteiger partial charge in [0.15, 0.2) is 6.10 Å². The molecule has 27 heavy (non-hydrogen) atoms. The first-order chi connectivity index (χ1) is 12.7. The third kappa shape index (κ3) is 2.55. The largest absolute Gasteiger partial charge is 0.458 e. The van der Waals surface area contributed by atoms with Crippen molar-refractivity contribution in [1.29, 1.82) is 0 Å². The summed E-state index contributed by atoms with van der Waals surface area (Å²) < 4.78 is 22.6. The number of hydrogen-bond acceptors (Lipinski definition) is 7. The standard InChI is InChI=1S/C20H24O7/c1-8(2)6-12(21)25-17-16-13(9(3)18(22)27-16)15-14(10(4)19(23)26-15)20(17,5)11-7-24-11/h8,11,13-17H,3-4,6-7H2,1-2,5H3/t11-,13+,14+,15-,16+,17+,20-/m1/s1. The molecule has 0 amide bonds. The molecule has 4 fully saturated rings. The Morgan fingerprint density at radius 2 is 1.78 bits per heavy atom. The van der Waals surface area contributed by atoms with Crippen LogP contribution in [0.25, 0.3) is 0 Å². The van der Waals surface area contributed by atoms with Gasteiger partial charge >= 0.3 is 17.9 Å². The average molecular weight is 376 g/mol. The first-order valence-corrected chi connectivity index (χ1v) is 9.26. The van der Waals surface area contributed by atoms with Crippen LogP contribution in [-0.2, 0) is 33.3 Å². The van der Waals surface area contributed by atoms with Crippen molar-refractivity contribution in [1.82, 2.24) is 0 Å². The molecule has 0 bridgehead atoms. The summed E-state index contributed by atoms with van der Waals surface area (Å²) in [6.45, 7) is 14.0. The zero-order chi connectivity index (χ0) is 19.7. The Balaban J connectivity index is 1.78. The van der Waals surface area contributed by atoms with Gasteiger partial charge in [0.25, 0.3) is 0 Å². The molecular weight excluding hydrogens is 352 g/mol. The Bertz CT molecular complexity index is 749. The lowest BCUT2D eigenvalue weighted by Gasteiger charge is -2.50. The second-order valence-electron chi connectivity index (χ2n) is 8.49. The molecule has 7 nitrogen and oxygen atoms in total. The summed E-state index contributed by atoms with van der Waals surface area (Å²) in [7, 11) is 0. The van der Waals surface area contributed by atoms with Gasteiger partial charge in [0.1, 0.15) is 12.2 Å². The maximum Gasteiger partial charge on any atom is 0.334 e. The van der Waals surface area contributed by atoms with E-state index in [0.29, 0.717) is 12.2 Å². The van der Waals surface area contributed by atoms with Crippen LogP contribution in [0.3, 0.4) is 0 Å². The van der Waals surface area contributed by atoms with E-state index >= 15 is 0 Å². The fourth-order valence-corrected chi connectivity index (χ4v) is 4.88. The van der Waals surface area contributed by atoms with Crippen molar-refractivity contribution >= 4 is 17.9 Å². The van der Waals surface area contributed by atoms with Gasteiger partial charge in [-0.2, -0.15) is 0 Å². The lowest BCUT2D eigenvalue weighted by atomic mass is 9.56. The quantitative estimate of drug-likeness (QED) is 0.318. The number of rotatable bonds is 4. The molecular formula is C20H24O7. The number of ether oxygens (including phenoxy) is 4. The average Bonchev–Trinajstić information content (AvgIpc) is 3.33. The van der Waals surface area contributed by atoms with Crippen LogP contribution in [0.1, 0.15) is 27.2 Å². The normalized spacial score (nSPS) is 42.5. The molecule has 3 heterocycles. The van der Waals surface area contributed by atoms with E-state index in [1.165, 1.54) is 0 Å². The molecule has 0 unspecified atom stereocenters. The zero-order valence-corrected chi connectivity index (χ0v) is 15.7. The van der Waals surface area contributed by atoms with Gasteiger partial charge in [-0.3, -0.25) is 4.79 Å². The Morgan fingerprint density at radius 3 is 2.37 bits per heavy atom. The molecule has 7 atom stereocenters. The van der Waals surface area contributed by atoms with E-state index in [4.69, 9.17) is 18.9 Å². The van der Waals surface area contributed by atoms with Gasteiger partial charge in [0, 0.05) is 28.9 Å². The maximum absolute atomic E-state index is 12.5. The Labute approximate surface area is 157 Å². The van der Waals surface area contributed by atoms with Crippen LogP contribution in [-0.4, -0.2) is 48.9 Å². The zero-order valence-electron chi connectivity index (χ0n) is 15.7. The summed E-state index contributed by atoms with van der Waals surface area (Å²) in [6.07, 6.45) is -2.13. The highest BCUT2D eigenvalue weighted by molar-refractivity contribution is 5.94. The summed E-state index contributed by atoms with van der Waals surface area (Å²) in [5.41, 5.74) is -0.234. The summed E-state index contributed by atoms with van der Waals surface area (Å²) in [4.78, 5) is 37.0. The van der Waals surface area contributed by atoms with E-state index in [0.717, 1.165) is 0 Å². The predicted octanol–water partition coefficient (Wildman–Crippen LogP) is 1.56. The minimum absolute atomic E-state index is 0.125. The van der Waals surface area contributed by atoms with Gasteiger partial charge in [-0.25, -0.2) is 9.59 Å². The number of carbonyl (C=O) groups excluding carboxylic acids is 3. The third-order valence-corrected chi connectivity index (χ3v) is 6.27. The van der Waals surface area contributed by atoms with Gasteiger partial charge in [0.05, 0.1) is 18.6 Å². The fraction of sp³-hybridized carbons (Fsp3) is 0.650. The van der Waals surface area contributed by atoms with Gasteiger partial charge in [-0.15, -0.1) is 0 Å². The summed E-state index contributed by atoms with van der Waals surface area (Å²) in [6, 6.07) is 0. The molecule has 4 rings (SSSR count). The molecule has 0 N–H and O–H groups in total. The van der Waals surface area contributed by atoms with Crippen LogP contribution < -0.4 is 0 Å². The molecule has 7 heteroatoms. The monoisotopic (exact) mass is 376 g/mol.